The molecule has 16 rings (SSSR count). The lowest BCUT2D eigenvalue weighted by atomic mass is 9.83. The Bertz CT molecular complexity index is 5300. The summed E-state index contributed by atoms with van der Waals surface area (Å²) in [5, 5.41) is 24.7. The summed E-state index contributed by atoms with van der Waals surface area (Å²) in [6.45, 7) is 4.85. The molecule has 0 spiro atoms. The average Bonchev–Trinajstić information content (AvgIpc) is 1.57. The number of carbonyl (C=O) groups is 13. The van der Waals surface area contributed by atoms with Crippen molar-refractivity contribution in [2.75, 3.05) is 13.1 Å². The molecule has 35 nitrogen and oxygen atoms in total. The fourth-order valence-electron chi connectivity index (χ4n) is 19.0. The third-order valence-electron chi connectivity index (χ3n) is 26.8. The van der Waals surface area contributed by atoms with Crippen molar-refractivity contribution in [3.8, 4) is 0 Å². The Hall–Kier alpha value is -11.5. The second kappa shape index (κ2) is 41.7. The standard InChI is InChI=1S/C43H53FN8O9S.C35H46FN5O9S.C15H19NO3/c44-32-14-9-12-27-23-51(25-31(27)32)42(58)61-29-20-35-38(54)49-43(41(57)50-62(59,60)30-16-17-30)21-28(43)13-7-2-1-3-8-15-33(40(56)52(35)24-29)47-39(55)36(26-10-5-4-6-11-26)48-37(53)34-22-45-18-19-46-34;1-34(2,3)50-32(45)37-27-13-8-6-4-5-7-11-22-17-35(22,31(44)39-51(47,48)24-14-15-24)38-29(42)28-16-23(19-41(28)30(27)43)49-33(46)40-18-21-10-9-12-26(36)25(21)20-40;17-14(12-9-5-2-6-10-12)16-13(15(18)19)11-7-3-1-4-8-11/h7,9,12-14,18-19,22,26,28-30,33,35-36H,1-6,8,10-11,15-17,20-21,23-25H2,(H,47,55)(H,48,53)(H,49,54)(H,50,57);7,9-12,22-24,27-28H,4-6,8,13-20H2,1-3H3,(H,37,45)(H,38,42)(H,39,44);2,5-6,9-11,13H,1,3-4,7-8H2,(H,16,17)(H,18,19)/b13-7-;11-7-;/t28-,29-,33+,35+,36+,43-;22-,23-,27+,28+,35-;/m11./s1. The minimum absolute atomic E-state index is 0.00168. The van der Waals surface area contributed by atoms with Gasteiger partial charge in [-0.05, 0) is 171 Å². The van der Waals surface area contributed by atoms with Gasteiger partial charge in [-0.1, -0.05) is 131 Å². The van der Waals surface area contributed by atoms with Crippen molar-refractivity contribution < 1.29 is 107 Å². The van der Waals surface area contributed by atoms with Crippen molar-refractivity contribution in [3.05, 3.63) is 155 Å². The molecule has 6 aliphatic carbocycles. The van der Waals surface area contributed by atoms with Gasteiger partial charge in [0.1, 0.15) is 82.5 Å². The third kappa shape index (κ3) is 23.9. The van der Waals surface area contributed by atoms with E-state index in [0.717, 1.165) is 64.2 Å². The summed E-state index contributed by atoms with van der Waals surface area (Å²) in [5.74, 6) is -8.81. The maximum absolute atomic E-state index is 14.9. The van der Waals surface area contributed by atoms with Crippen LogP contribution in [0.1, 0.15) is 244 Å². The zero-order chi connectivity index (χ0) is 94.0. The zero-order valence-corrected chi connectivity index (χ0v) is 76.0. The van der Waals surface area contributed by atoms with E-state index in [1.807, 2.05) is 30.4 Å². The van der Waals surface area contributed by atoms with Gasteiger partial charge in [-0.2, -0.15) is 0 Å². The highest BCUT2D eigenvalue weighted by Gasteiger charge is 2.64. The number of amides is 12. The highest BCUT2D eigenvalue weighted by atomic mass is 32.2. The molecule has 8 fully saturated rings. The van der Waals surface area contributed by atoms with Crippen LogP contribution >= 0.6 is 0 Å². The molecule has 3 aromatic carbocycles. The van der Waals surface area contributed by atoms with Gasteiger partial charge >= 0.3 is 24.2 Å². The number of aromatic nitrogens is 2. The maximum atomic E-state index is 14.9. The largest absolute Gasteiger partial charge is 0.480 e. The van der Waals surface area contributed by atoms with Crippen LogP contribution in [0.5, 0.6) is 0 Å². The Morgan fingerprint density at radius 2 is 0.977 bits per heavy atom. The van der Waals surface area contributed by atoms with Crippen molar-refractivity contribution in [2.45, 2.75) is 302 Å². The number of nitrogens with zero attached hydrogens (tertiary/aromatic N) is 6. The molecule has 6 saturated carbocycles. The van der Waals surface area contributed by atoms with Gasteiger partial charge in [0.2, 0.25) is 49.6 Å². The van der Waals surface area contributed by atoms with E-state index in [2.05, 4.69) is 51.3 Å². The van der Waals surface area contributed by atoms with Gasteiger partial charge in [-0.25, -0.2) is 49.8 Å². The van der Waals surface area contributed by atoms with Gasteiger partial charge in [0.15, 0.2) is 0 Å². The molecular formula is C93H118F2N14O21S2. The summed E-state index contributed by atoms with van der Waals surface area (Å²) in [5.41, 5.74) is -1.42. The summed E-state index contributed by atoms with van der Waals surface area (Å²) in [6, 6.07) is 11.4. The van der Waals surface area contributed by atoms with Crippen molar-refractivity contribution in [1.82, 2.24) is 70.9 Å². The Morgan fingerprint density at radius 1 is 0.530 bits per heavy atom. The van der Waals surface area contributed by atoms with E-state index in [0.29, 0.717) is 105 Å². The van der Waals surface area contributed by atoms with Crippen molar-refractivity contribution >= 4 is 97.5 Å². The lowest BCUT2D eigenvalue weighted by molar-refractivity contribution is -0.143. The summed E-state index contributed by atoms with van der Waals surface area (Å²) in [7, 11) is -7.88. The number of fused-ring (bicyclic) bond motifs is 6. The summed E-state index contributed by atoms with van der Waals surface area (Å²) in [6.07, 6.45) is 23.8. The number of hydrogen-bond donors (Lipinski definition) is 9. The first-order valence-corrected chi connectivity index (χ1v) is 49.3. The van der Waals surface area contributed by atoms with E-state index >= 15 is 0 Å². The highest BCUT2D eigenvalue weighted by Crippen LogP contribution is 2.48. The number of benzene rings is 3. The number of alkyl carbamates (subject to hydrolysis) is 1. The van der Waals surface area contributed by atoms with Gasteiger partial charge in [0.05, 0.1) is 42.9 Å². The van der Waals surface area contributed by atoms with Crippen LogP contribution in [0.15, 0.2) is 110 Å². The Morgan fingerprint density at radius 3 is 1.42 bits per heavy atom. The van der Waals surface area contributed by atoms with E-state index < -0.39 is 191 Å². The van der Waals surface area contributed by atoms with E-state index in [-0.39, 0.29) is 101 Å². The molecule has 1 aromatic heterocycles. The molecule has 132 heavy (non-hydrogen) atoms. The SMILES string of the molecule is CC(C)(C)OC(=O)N[C@H]1CCCCC/C=C\[C@@H]2C[C@@]2(C(=O)NS(=O)(=O)C2CC2)NC(=O)[C@@H]2C[C@@H](OC(=O)N3Cc4cccc(F)c4C3)CN2C1=O.O=C(NC(C(=O)O)C1CCCCC1)c1ccccc1.O=C(N[C@H](C(=O)N[C@H]1CCCCC/C=C\[C@@H]2C[C@@]2(C(=O)NS(=O)(=O)C2CC2)NC(=O)[C@@H]2C[C@@H](OC(=O)N3Cc4cccc(F)c4C3)CN2C1=O)C1CCCCC1)c1cnccn1. The third-order valence-corrected chi connectivity index (χ3v) is 30.4. The summed E-state index contributed by atoms with van der Waals surface area (Å²) < 4.78 is 102. The second-order valence-corrected chi connectivity index (χ2v) is 41.7. The van der Waals surface area contributed by atoms with Gasteiger partial charge in [-0.15, -0.1) is 0 Å². The molecule has 4 aromatic rings. The molecule has 39 heteroatoms. The number of carboxylic acids is 1. The van der Waals surface area contributed by atoms with Crippen LogP contribution in [0, 0.1) is 35.3 Å². The Labute approximate surface area is 765 Å². The number of carboxylic acid groups (broad SMARTS) is 1. The van der Waals surface area contributed by atoms with E-state index in [1.54, 1.807) is 69.3 Å². The number of hydrogen-bond acceptors (Lipinski definition) is 22. The van der Waals surface area contributed by atoms with Gasteiger partial charge in [0, 0.05) is 66.9 Å². The van der Waals surface area contributed by atoms with E-state index in [9.17, 15) is 93.1 Å². The molecule has 712 valence electrons. The number of carbonyl (C=O) groups excluding carboxylic acids is 12. The summed E-state index contributed by atoms with van der Waals surface area (Å²) >= 11 is 0. The predicted octanol–water partition coefficient (Wildman–Crippen LogP) is 8.50. The molecule has 0 bridgehead atoms. The van der Waals surface area contributed by atoms with Gasteiger partial charge in [0.25, 0.3) is 23.6 Å². The number of rotatable bonds is 18. The van der Waals surface area contributed by atoms with Crippen LogP contribution in [0.2, 0.25) is 0 Å². The molecule has 12 atom stereocenters. The quantitative estimate of drug-likeness (QED) is 0.0333. The smallest absolute Gasteiger partial charge is 0.410 e. The number of halogens is 2. The van der Waals surface area contributed by atoms with E-state index in [1.165, 1.54) is 50.3 Å². The maximum Gasteiger partial charge on any atom is 0.410 e. The molecule has 6 aliphatic heterocycles. The van der Waals surface area contributed by atoms with Crippen LogP contribution in [0.4, 0.5) is 23.2 Å². The van der Waals surface area contributed by atoms with Crippen LogP contribution in [0.25, 0.3) is 0 Å². The van der Waals surface area contributed by atoms with Crippen molar-refractivity contribution in [1.29, 1.82) is 0 Å². The molecule has 2 saturated heterocycles. The lowest BCUT2D eigenvalue weighted by Crippen LogP contribution is -2.60. The first kappa shape index (κ1) is 96.5. The number of nitrogens with one attached hydrogen (secondary N) is 8. The lowest BCUT2D eigenvalue weighted by Gasteiger charge is -2.33. The van der Waals surface area contributed by atoms with Crippen LogP contribution < -0.4 is 41.3 Å². The zero-order valence-electron chi connectivity index (χ0n) is 74.4. The topological polar surface area (TPSA) is 473 Å². The number of aliphatic carboxylic acids is 1. The Kier molecular flexibility index (Phi) is 30.5. The molecule has 7 heterocycles. The molecule has 12 amide bonds. The van der Waals surface area contributed by atoms with Crippen LogP contribution in [-0.2, 0) is 98.8 Å². The first-order valence-electron chi connectivity index (χ1n) is 46.2. The fraction of sp³-hybridized carbons (Fsp3) is 0.581. The Balaban J connectivity index is 0.000000179. The number of sulfonamides is 2. The minimum Gasteiger partial charge on any atom is -0.480 e. The van der Waals surface area contributed by atoms with Crippen LogP contribution in [-0.4, -0.2) is 218 Å². The molecule has 0 radical (unpaired) electrons. The predicted molar refractivity (Wildman–Crippen MR) is 472 cm³/mol. The highest BCUT2D eigenvalue weighted by molar-refractivity contribution is 7.91. The number of ether oxygens (including phenoxy) is 3. The monoisotopic (exact) mass is 1870 g/mol. The average molecular weight is 1870 g/mol. The van der Waals surface area contributed by atoms with Crippen LogP contribution in [0.3, 0.4) is 0 Å². The first-order chi connectivity index (χ1) is 63.1. The molecule has 9 N–H and O–H groups in total. The van der Waals surface area contributed by atoms with Crippen molar-refractivity contribution in [3.63, 3.8) is 0 Å². The normalized spacial score (nSPS) is 26.8. The molecular weight excluding hydrogens is 1750 g/mol. The fourth-order valence-corrected chi connectivity index (χ4v) is 21.7. The van der Waals surface area contributed by atoms with Gasteiger partial charge < -0.3 is 61.0 Å². The summed E-state index contributed by atoms with van der Waals surface area (Å²) in [4.78, 5) is 189. The second-order valence-electron chi connectivity index (χ2n) is 37.7. The molecule has 1 unspecified atom stereocenters. The van der Waals surface area contributed by atoms with Gasteiger partial charge in [-0.3, -0.25) is 67.4 Å². The van der Waals surface area contributed by atoms with E-state index in [4.69, 9.17) is 14.2 Å². The minimum atomic E-state index is -3.97. The molecule has 12 aliphatic rings. The number of allylic oxidation sites excluding steroid dienone is 2. The van der Waals surface area contributed by atoms with Crippen molar-refractivity contribution in [2.24, 2.45) is 23.7 Å².